The van der Waals surface area contributed by atoms with E-state index in [1.165, 1.54) is 25.4 Å². The summed E-state index contributed by atoms with van der Waals surface area (Å²) in [5.41, 5.74) is 0.0733. The summed E-state index contributed by atoms with van der Waals surface area (Å²) in [5, 5.41) is 11.7. The minimum Gasteiger partial charge on any atom is -0.497 e. The van der Waals surface area contributed by atoms with Crippen LogP contribution in [-0.4, -0.2) is 29.1 Å². The van der Waals surface area contributed by atoms with Gasteiger partial charge in [0.05, 0.1) is 17.8 Å². The van der Waals surface area contributed by atoms with Crippen LogP contribution in [0.3, 0.4) is 0 Å². The Bertz CT molecular complexity index is 703. The number of aromatic nitrogens is 1. The number of pyridine rings is 1. The van der Waals surface area contributed by atoms with Crippen LogP contribution in [0.2, 0.25) is 5.02 Å². The fraction of sp³-hybridized carbons (Fsp3) is 0.0714. The number of anilines is 1. The van der Waals surface area contributed by atoms with E-state index in [0.29, 0.717) is 11.3 Å². The van der Waals surface area contributed by atoms with Crippen LogP contribution in [-0.2, 0) is 0 Å². The van der Waals surface area contributed by atoms with Crippen LogP contribution in [0.1, 0.15) is 20.8 Å². The molecule has 0 fully saturated rings. The summed E-state index contributed by atoms with van der Waals surface area (Å²) >= 11 is 5.77. The Kier molecular flexibility index (Phi) is 4.39. The summed E-state index contributed by atoms with van der Waals surface area (Å²) in [6, 6.07) is 7.79. The number of halogens is 1. The second-order valence-electron chi connectivity index (χ2n) is 4.04. The van der Waals surface area contributed by atoms with Crippen molar-refractivity contribution < 1.29 is 19.4 Å². The zero-order valence-electron chi connectivity index (χ0n) is 11.0. The predicted molar refractivity (Wildman–Crippen MR) is 77.2 cm³/mol. The number of amides is 1. The van der Waals surface area contributed by atoms with Crippen molar-refractivity contribution in [3.05, 3.63) is 52.8 Å². The molecule has 0 aliphatic rings. The smallest absolute Gasteiger partial charge is 0.356 e. The van der Waals surface area contributed by atoms with E-state index in [9.17, 15) is 9.59 Å². The first kappa shape index (κ1) is 14.8. The van der Waals surface area contributed by atoms with Crippen molar-refractivity contribution in [1.29, 1.82) is 0 Å². The van der Waals surface area contributed by atoms with Gasteiger partial charge in [0.15, 0.2) is 5.69 Å². The maximum atomic E-state index is 12.1. The van der Waals surface area contributed by atoms with Crippen LogP contribution in [0.4, 0.5) is 5.69 Å². The lowest BCUT2D eigenvalue weighted by Gasteiger charge is -2.09. The highest BCUT2D eigenvalue weighted by atomic mass is 35.5. The molecule has 0 saturated heterocycles. The van der Waals surface area contributed by atoms with E-state index in [1.54, 1.807) is 18.2 Å². The van der Waals surface area contributed by atoms with Gasteiger partial charge < -0.3 is 15.2 Å². The standard InChI is InChI=1S/C14H11ClN2O4/c1-21-10-4-2-3-8(5-10)13(18)17-11-6-9(15)7-16-12(11)14(19)20/h2-7H,1H3,(H,17,18)(H,19,20). The predicted octanol–water partition coefficient (Wildman–Crippen LogP) is 2.69. The monoisotopic (exact) mass is 306 g/mol. The van der Waals surface area contributed by atoms with E-state index in [-0.39, 0.29) is 16.4 Å². The number of hydrogen-bond acceptors (Lipinski definition) is 4. The molecule has 0 unspecified atom stereocenters. The van der Waals surface area contributed by atoms with Crippen LogP contribution in [0.15, 0.2) is 36.5 Å². The fourth-order valence-corrected chi connectivity index (χ4v) is 1.82. The lowest BCUT2D eigenvalue weighted by atomic mass is 10.2. The molecule has 7 heteroatoms. The first-order valence-corrected chi connectivity index (χ1v) is 6.23. The van der Waals surface area contributed by atoms with Crippen LogP contribution in [0, 0.1) is 0 Å². The molecule has 2 N–H and O–H groups in total. The third-order valence-electron chi connectivity index (χ3n) is 2.64. The first-order valence-electron chi connectivity index (χ1n) is 5.85. The molecule has 1 aromatic heterocycles. The molecule has 0 saturated carbocycles. The van der Waals surface area contributed by atoms with Gasteiger partial charge in [0.1, 0.15) is 5.75 Å². The van der Waals surface area contributed by atoms with Crippen molar-refractivity contribution in [3.63, 3.8) is 0 Å². The minimum absolute atomic E-state index is 0.0304. The maximum Gasteiger partial charge on any atom is 0.356 e. The third kappa shape index (κ3) is 3.49. The van der Waals surface area contributed by atoms with Crippen LogP contribution >= 0.6 is 11.6 Å². The molecule has 0 aliphatic heterocycles. The number of ether oxygens (including phenoxy) is 1. The number of carboxylic acids is 1. The number of benzene rings is 1. The second-order valence-corrected chi connectivity index (χ2v) is 4.48. The van der Waals surface area contributed by atoms with Crippen molar-refractivity contribution in [1.82, 2.24) is 4.98 Å². The van der Waals surface area contributed by atoms with E-state index in [1.807, 2.05) is 0 Å². The summed E-state index contributed by atoms with van der Waals surface area (Å²) in [6.07, 6.45) is 1.20. The molecule has 0 bridgehead atoms. The molecule has 108 valence electrons. The molecule has 0 spiro atoms. The second kappa shape index (κ2) is 6.23. The topological polar surface area (TPSA) is 88.5 Å². The number of rotatable bonds is 4. The molecule has 1 amide bonds. The third-order valence-corrected chi connectivity index (χ3v) is 2.84. The number of hydrogen-bond donors (Lipinski definition) is 2. The summed E-state index contributed by atoms with van der Waals surface area (Å²) in [5.74, 6) is -1.22. The van der Waals surface area contributed by atoms with E-state index in [4.69, 9.17) is 21.4 Å². The highest BCUT2D eigenvalue weighted by molar-refractivity contribution is 6.31. The Morgan fingerprint density at radius 3 is 2.76 bits per heavy atom. The molecule has 0 atom stereocenters. The molecule has 1 heterocycles. The van der Waals surface area contributed by atoms with Gasteiger partial charge in [0.25, 0.3) is 5.91 Å². The van der Waals surface area contributed by atoms with Gasteiger partial charge in [-0.1, -0.05) is 17.7 Å². The molecule has 0 radical (unpaired) electrons. The Labute approximate surface area is 125 Å². The van der Waals surface area contributed by atoms with E-state index >= 15 is 0 Å². The highest BCUT2D eigenvalue weighted by Crippen LogP contribution is 2.20. The summed E-state index contributed by atoms with van der Waals surface area (Å²) in [6.45, 7) is 0. The van der Waals surface area contributed by atoms with Gasteiger partial charge in [-0.3, -0.25) is 4.79 Å². The van der Waals surface area contributed by atoms with Gasteiger partial charge in [-0.2, -0.15) is 0 Å². The van der Waals surface area contributed by atoms with Crippen molar-refractivity contribution in [2.75, 3.05) is 12.4 Å². The van der Waals surface area contributed by atoms with Gasteiger partial charge >= 0.3 is 5.97 Å². The molecule has 2 rings (SSSR count). The van der Waals surface area contributed by atoms with Crippen LogP contribution in [0.25, 0.3) is 0 Å². The minimum atomic E-state index is -1.26. The van der Waals surface area contributed by atoms with E-state index in [0.717, 1.165) is 0 Å². The highest BCUT2D eigenvalue weighted by Gasteiger charge is 2.16. The zero-order valence-corrected chi connectivity index (χ0v) is 11.7. The number of nitrogens with zero attached hydrogens (tertiary/aromatic N) is 1. The number of carbonyl (C=O) groups is 2. The van der Waals surface area contributed by atoms with Crippen molar-refractivity contribution in [2.24, 2.45) is 0 Å². The van der Waals surface area contributed by atoms with E-state index in [2.05, 4.69) is 10.3 Å². The van der Waals surface area contributed by atoms with Gasteiger partial charge in [0.2, 0.25) is 0 Å². The Hall–Kier alpha value is -2.60. The molecule has 2 aromatic rings. The van der Waals surface area contributed by atoms with Crippen LogP contribution < -0.4 is 10.1 Å². The van der Waals surface area contributed by atoms with Gasteiger partial charge in [-0.05, 0) is 24.3 Å². The Balaban J connectivity index is 2.30. The summed E-state index contributed by atoms with van der Waals surface area (Å²) in [4.78, 5) is 26.9. The number of nitrogens with one attached hydrogen (secondary N) is 1. The zero-order chi connectivity index (χ0) is 15.4. The fourth-order valence-electron chi connectivity index (χ4n) is 1.66. The molecule has 0 aliphatic carbocycles. The Morgan fingerprint density at radius 1 is 1.33 bits per heavy atom. The number of carbonyl (C=O) groups excluding carboxylic acids is 1. The van der Waals surface area contributed by atoms with Crippen LogP contribution in [0.5, 0.6) is 5.75 Å². The SMILES string of the molecule is COc1cccc(C(=O)Nc2cc(Cl)cnc2C(=O)O)c1. The first-order chi connectivity index (χ1) is 10.0. The quantitative estimate of drug-likeness (QED) is 0.906. The molecule has 1 aromatic carbocycles. The number of methoxy groups -OCH3 is 1. The number of aromatic carboxylic acids is 1. The molecular weight excluding hydrogens is 296 g/mol. The largest absolute Gasteiger partial charge is 0.497 e. The summed E-state index contributed by atoms with van der Waals surface area (Å²) < 4.78 is 5.03. The molecule has 21 heavy (non-hydrogen) atoms. The van der Waals surface area contributed by atoms with Gasteiger partial charge in [-0.25, -0.2) is 9.78 Å². The summed E-state index contributed by atoms with van der Waals surface area (Å²) in [7, 11) is 1.49. The number of carboxylic acid groups (broad SMARTS) is 1. The van der Waals surface area contributed by atoms with Crippen molar-refractivity contribution in [2.45, 2.75) is 0 Å². The van der Waals surface area contributed by atoms with E-state index < -0.39 is 11.9 Å². The van der Waals surface area contributed by atoms with Crippen molar-refractivity contribution in [3.8, 4) is 5.75 Å². The lowest BCUT2D eigenvalue weighted by Crippen LogP contribution is -2.15. The van der Waals surface area contributed by atoms with Gasteiger partial charge in [0, 0.05) is 11.8 Å². The van der Waals surface area contributed by atoms with Crippen molar-refractivity contribution >= 4 is 29.2 Å². The lowest BCUT2D eigenvalue weighted by molar-refractivity contribution is 0.0692. The average Bonchev–Trinajstić information content (AvgIpc) is 2.47. The maximum absolute atomic E-state index is 12.1. The molecule has 6 nitrogen and oxygen atoms in total. The van der Waals surface area contributed by atoms with Gasteiger partial charge in [-0.15, -0.1) is 0 Å². The average molecular weight is 307 g/mol. The normalized spacial score (nSPS) is 10.0. The Morgan fingerprint density at radius 2 is 2.10 bits per heavy atom. The molecular formula is C14H11ClN2O4.